The van der Waals surface area contributed by atoms with E-state index in [0.717, 1.165) is 0 Å². The van der Waals surface area contributed by atoms with E-state index in [4.69, 9.17) is 10.0 Å². The summed E-state index contributed by atoms with van der Waals surface area (Å²) in [5, 5.41) is 20.7. The molecule has 0 saturated carbocycles. The zero-order valence-electron chi connectivity index (χ0n) is 10.3. The Morgan fingerprint density at radius 2 is 2.18 bits per heavy atom. The summed E-state index contributed by atoms with van der Waals surface area (Å²) in [7, 11) is -1.56. The molecule has 0 aliphatic rings. The van der Waals surface area contributed by atoms with Gasteiger partial charge < -0.3 is 15.4 Å². The Balaban J connectivity index is 2.82. The van der Waals surface area contributed by atoms with Crippen LogP contribution in [0.4, 0.5) is 5.82 Å². The Labute approximate surface area is 101 Å². The minimum atomic E-state index is -1.56. The van der Waals surface area contributed by atoms with Crippen molar-refractivity contribution < 1.29 is 14.8 Å². The fourth-order valence-corrected chi connectivity index (χ4v) is 1.12. The summed E-state index contributed by atoms with van der Waals surface area (Å²) in [5.74, 6) is 0.180. The molecule has 0 aromatic carbocycles. The van der Waals surface area contributed by atoms with Crippen molar-refractivity contribution in [1.82, 2.24) is 4.98 Å². The molecule has 0 aliphatic carbocycles. The zero-order chi connectivity index (χ0) is 13.1. The molecule has 1 rings (SSSR count). The first-order valence-electron chi connectivity index (χ1n) is 5.50. The number of carbonyl (C=O) groups is 1. The SMILES string of the molecule is CCC(C)(C)C(=O)Nc1cc(B(O)O)ccn1. The van der Waals surface area contributed by atoms with Crippen LogP contribution in [0.5, 0.6) is 0 Å². The number of anilines is 1. The molecule has 3 N–H and O–H groups in total. The standard InChI is InChI=1S/C11H17BN2O3/c1-4-11(2,3)10(15)14-9-7-8(12(16)17)5-6-13-9/h5-7,16-17H,4H2,1-3H3,(H,13,14,15). The maximum absolute atomic E-state index is 11.9. The van der Waals surface area contributed by atoms with Crippen molar-refractivity contribution in [1.29, 1.82) is 0 Å². The third-order valence-corrected chi connectivity index (χ3v) is 2.82. The van der Waals surface area contributed by atoms with Crippen molar-refractivity contribution in [2.24, 2.45) is 5.41 Å². The molecule has 17 heavy (non-hydrogen) atoms. The molecule has 6 heteroatoms. The minimum absolute atomic E-state index is 0.142. The van der Waals surface area contributed by atoms with Gasteiger partial charge in [-0.1, -0.05) is 20.8 Å². The fourth-order valence-electron chi connectivity index (χ4n) is 1.12. The molecule has 0 saturated heterocycles. The quantitative estimate of drug-likeness (QED) is 0.649. The third kappa shape index (κ3) is 3.54. The number of carbonyl (C=O) groups excluding carboxylic acids is 1. The van der Waals surface area contributed by atoms with Crippen molar-refractivity contribution in [2.75, 3.05) is 5.32 Å². The van der Waals surface area contributed by atoms with E-state index in [9.17, 15) is 4.79 Å². The maximum atomic E-state index is 11.9. The Morgan fingerprint density at radius 1 is 1.53 bits per heavy atom. The van der Waals surface area contributed by atoms with Gasteiger partial charge in [-0.05, 0) is 24.0 Å². The van der Waals surface area contributed by atoms with Crippen LogP contribution in [-0.2, 0) is 4.79 Å². The monoisotopic (exact) mass is 236 g/mol. The largest absolute Gasteiger partial charge is 0.488 e. The average Bonchev–Trinajstić information content (AvgIpc) is 2.29. The van der Waals surface area contributed by atoms with Crippen LogP contribution in [0.2, 0.25) is 0 Å². The molecular weight excluding hydrogens is 219 g/mol. The van der Waals surface area contributed by atoms with Gasteiger partial charge in [0.1, 0.15) is 5.82 Å². The molecule has 5 nitrogen and oxygen atoms in total. The molecule has 1 heterocycles. The summed E-state index contributed by atoms with van der Waals surface area (Å²) in [6.07, 6.45) is 2.13. The summed E-state index contributed by atoms with van der Waals surface area (Å²) in [5.41, 5.74) is -0.181. The van der Waals surface area contributed by atoms with E-state index in [1.54, 1.807) is 0 Å². The third-order valence-electron chi connectivity index (χ3n) is 2.82. The van der Waals surface area contributed by atoms with Gasteiger partial charge in [0.15, 0.2) is 0 Å². The van der Waals surface area contributed by atoms with Crippen molar-refractivity contribution in [3.63, 3.8) is 0 Å². The summed E-state index contributed by atoms with van der Waals surface area (Å²) < 4.78 is 0. The van der Waals surface area contributed by atoms with Crippen molar-refractivity contribution in [3.05, 3.63) is 18.3 Å². The topological polar surface area (TPSA) is 82.5 Å². The Bertz CT molecular complexity index is 407. The van der Waals surface area contributed by atoms with Gasteiger partial charge in [-0.25, -0.2) is 4.98 Å². The normalized spacial score (nSPS) is 11.1. The second-order valence-electron chi connectivity index (χ2n) is 4.54. The second-order valence-corrected chi connectivity index (χ2v) is 4.54. The molecule has 0 unspecified atom stereocenters. The number of hydrogen-bond acceptors (Lipinski definition) is 4. The highest BCUT2D eigenvalue weighted by Crippen LogP contribution is 2.21. The number of nitrogens with one attached hydrogen (secondary N) is 1. The van der Waals surface area contributed by atoms with E-state index in [1.807, 2.05) is 20.8 Å². The van der Waals surface area contributed by atoms with E-state index in [-0.39, 0.29) is 5.91 Å². The van der Waals surface area contributed by atoms with E-state index in [2.05, 4.69) is 10.3 Å². The summed E-state index contributed by atoms with van der Waals surface area (Å²) in [4.78, 5) is 15.8. The van der Waals surface area contributed by atoms with Gasteiger partial charge in [0, 0.05) is 11.6 Å². The number of rotatable bonds is 4. The van der Waals surface area contributed by atoms with Crippen LogP contribution in [0.3, 0.4) is 0 Å². The second kappa shape index (κ2) is 5.29. The minimum Gasteiger partial charge on any atom is -0.423 e. The first kappa shape index (κ1) is 13.7. The molecule has 0 spiro atoms. The lowest BCUT2D eigenvalue weighted by atomic mass is 9.81. The predicted molar refractivity (Wildman–Crippen MR) is 66.8 cm³/mol. The fraction of sp³-hybridized carbons (Fsp3) is 0.455. The molecule has 0 bridgehead atoms. The van der Waals surface area contributed by atoms with Crippen LogP contribution >= 0.6 is 0 Å². The number of amides is 1. The summed E-state index contributed by atoms with van der Waals surface area (Å²) >= 11 is 0. The van der Waals surface area contributed by atoms with Crippen LogP contribution in [0.15, 0.2) is 18.3 Å². The Morgan fingerprint density at radius 3 is 2.71 bits per heavy atom. The lowest BCUT2D eigenvalue weighted by Crippen LogP contribution is -2.33. The van der Waals surface area contributed by atoms with Crippen molar-refractivity contribution >= 4 is 24.3 Å². The smallest absolute Gasteiger partial charge is 0.423 e. The zero-order valence-corrected chi connectivity index (χ0v) is 10.3. The van der Waals surface area contributed by atoms with E-state index < -0.39 is 12.5 Å². The van der Waals surface area contributed by atoms with Gasteiger partial charge in [-0.3, -0.25) is 4.79 Å². The lowest BCUT2D eigenvalue weighted by molar-refractivity contribution is -0.124. The number of hydrogen-bond donors (Lipinski definition) is 3. The average molecular weight is 236 g/mol. The van der Waals surface area contributed by atoms with E-state index in [0.29, 0.717) is 17.7 Å². The highest BCUT2D eigenvalue weighted by atomic mass is 16.4. The summed E-state index contributed by atoms with van der Waals surface area (Å²) in [6.45, 7) is 5.61. The van der Waals surface area contributed by atoms with Gasteiger partial charge in [0.2, 0.25) is 5.91 Å². The molecule has 1 aromatic heterocycles. The first-order valence-corrected chi connectivity index (χ1v) is 5.50. The highest BCUT2D eigenvalue weighted by molar-refractivity contribution is 6.58. The molecule has 0 atom stereocenters. The van der Waals surface area contributed by atoms with Crippen LogP contribution in [0, 0.1) is 5.41 Å². The summed E-state index contributed by atoms with van der Waals surface area (Å²) in [6, 6.07) is 2.92. The molecule has 0 radical (unpaired) electrons. The molecule has 1 amide bonds. The molecule has 0 fully saturated rings. The van der Waals surface area contributed by atoms with Crippen molar-refractivity contribution in [2.45, 2.75) is 27.2 Å². The number of aromatic nitrogens is 1. The molecule has 0 aliphatic heterocycles. The number of pyridine rings is 1. The van der Waals surface area contributed by atoms with Crippen LogP contribution in [-0.4, -0.2) is 28.1 Å². The van der Waals surface area contributed by atoms with Crippen molar-refractivity contribution in [3.8, 4) is 0 Å². The molecule has 1 aromatic rings. The first-order chi connectivity index (χ1) is 7.86. The van der Waals surface area contributed by atoms with Gasteiger partial charge >= 0.3 is 7.12 Å². The van der Waals surface area contributed by atoms with E-state index in [1.165, 1.54) is 18.3 Å². The Hall–Kier alpha value is -1.40. The van der Waals surface area contributed by atoms with Gasteiger partial charge in [0.25, 0.3) is 0 Å². The molecule has 92 valence electrons. The molecular formula is C11H17BN2O3. The van der Waals surface area contributed by atoms with Gasteiger partial charge in [0.05, 0.1) is 0 Å². The Kier molecular flexibility index (Phi) is 4.25. The predicted octanol–water partition coefficient (Wildman–Crippen LogP) is 0.136. The van der Waals surface area contributed by atoms with Gasteiger partial charge in [-0.15, -0.1) is 0 Å². The maximum Gasteiger partial charge on any atom is 0.488 e. The van der Waals surface area contributed by atoms with Gasteiger partial charge in [-0.2, -0.15) is 0 Å². The van der Waals surface area contributed by atoms with E-state index >= 15 is 0 Å². The van der Waals surface area contributed by atoms with Crippen LogP contribution < -0.4 is 10.8 Å². The highest BCUT2D eigenvalue weighted by Gasteiger charge is 2.25. The van der Waals surface area contributed by atoms with Crippen LogP contribution in [0.25, 0.3) is 0 Å². The lowest BCUT2D eigenvalue weighted by Gasteiger charge is -2.21. The number of nitrogens with zero attached hydrogens (tertiary/aromatic N) is 1. The van der Waals surface area contributed by atoms with Crippen LogP contribution in [0.1, 0.15) is 27.2 Å².